The number of anilines is 1. The second-order valence-corrected chi connectivity index (χ2v) is 9.40. The molecule has 1 aliphatic rings. The maximum Gasteiger partial charge on any atom is 0.337 e. The largest absolute Gasteiger partial charge is 0.495 e. The first kappa shape index (κ1) is 29.4. The van der Waals surface area contributed by atoms with Gasteiger partial charge in [0.05, 0.1) is 37.2 Å². The fourth-order valence-electron chi connectivity index (χ4n) is 3.87. The molecule has 1 amide bonds. The number of benzene rings is 1. The molecule has 0 bridgehead atoms. The SMILES string of the molecule is CCOC(=O)C1=C(C)NC(C)=C(C(=O)OCC)C1C(=O)OCC(=O)Nc1cc(C(C)(C)C)ccc1OC. The van der Waals surface area contributed by atoms with E-state index in [0.717, 1.165) is 5.56 Å². The van der Waals surface area contributed by atoms with E-state index in [1.165, 1.54) is 7.11 Å². The zero-order chi connectivity index (χ0) is 27.9. The minimum absolute atomic E-state index is 0.0622. The maximum absolute atomic E-state index is 13.3. The van der Waals surface area contributed by atoms with Crippen LogP contribution >= 0.6 is 0 Å². The smallest absolute Gasteiger partial charge is 0.337 e. The zero-order valence-electron chi connectivity index (χ0n) is 22.7. The minimum atomic E-state index is -1.43. The first-order valence-electron chi connectivity index (χ1n) is 12.0. The second kappa shape index (κ2) is 12.4. The molecule has 202 valence electrons. The number of methoxy groups -OCH3 is 1. The van der Waals surface area contributed by atoms with Crippen LogP contribution in [-0.2, 0) is 38.8 Å². The highest BCUT2D eigenvalue weighted by atomic mass is 16.5. The van der Waals surface area contributed by atoms with E-state index in [0.29, 0.717) is 22.8 Å². The van der Waals surface area contributed by atoms with Crippen molar-refractivity contribution in [2.24, 2.45) is 5.92 Å². The molecular formula is C27H36N2O8. The van der Waals surface area contributed by atoms with Gasteiger partial charge in [0.25, 0.3) is 5.91 Å². The van der Waals surface area contributed by atoms with Crippen molar-refractivity contribution in [3.63, 3.8) is 0 Å². The third-order valence-corrected chi connectivity index (χ3v) is 5.67. The number of dihydropyridines is 1. The van der Waals surface area contributed by atoms with Crippen molar-refractivity contribution >= 4 is 29.5 Å². The summed E-state index contributed by atoms with van der Waals surface area (Å²) in [5.74, 6) is -4.13. The van der Waals surface area contributed by atoms with Crippen LogP contribution in [0.1, 0.15) is 54.0 Å². The van der Waals surface area contributed by atoms with Gasteiger partial charge in [0.2, 0.25) is 0 Å². The van der Waals surface area contributed by atoms with Crippen LogP contribution in [0.25, 0.3) is 0 Å². The van der Waals surface area contributed by atoms with Crippen LogP contribution in [0.2, 0.25) is 0 Å². The molecule has 1 aromatic rings. The Morgan fingerprint density at radius 2 is 1.46 bits per heavy atom. The van der Waals surface area contributed by atoms with Crippen LogP contribution in [0.5, 0.6) is 5.75 Å². The molecule has 2 rings (SSSR count). The van der Waals surface area contributed by atoms with Crippen molar-refractivity contribution in [2.45, 2.75) is 53.9 Å². The van der Waals surface area contributed by atoms with E-state index in [9.17, 15) is 19.2 Å². The van der Waals surface area contributed by atoms with Gasteiger partial charge in [-0.3, -0.25) is 9.59 Å². The summed E-state index contributed by atoms with van der Waals surface area (Å²) in [5.41, 5.74) is 1.71. The van der Waals surface area contributed by atoms with E-state index in [4.69, 9.17) is 18.9 Å². The number of ether oxygens (including phenoxy) is 4. The van der Waals surface area contributed by atoms with Crippen LogP contribution in [0.4, 0.5) is 5.69 Å². The van der Waals surface area contributed by atoms with Crippen LogP contribution in [-0.4, -0.2) is 50.7 Å². The van der Waals surface area contributed by atoms with Gasteiger partial charge in [0.1, 0.15) is 11.7 Å². The molecular weight excluding hydrogens is 480 g/mol. The number of carbonyl (C=O) groups is 4. The van der Waals surface area contributed by atoms with E-state index < -0.39 is 36.3 Å². The van der Waals surface area contributed by atoms with Crippen molar-refractivity contribution in [2.75, 3.05) is 32.2 Å². The van der Waals surface area contributed by atoms with Crippen LogP contribution in [0.3, 0.4) is 0 Å². The first-order valence-corrected chi connectivity index (χ1v) is 12.0. The average molecular weight is 517 g/mol. The van der Waals surface area contributed by atoms with Gasteiger partial charge >= 0.3 is 17.9 Å². The topological polar surface area (TPSA) is 129 Å². The van der Waals surface area contributed by atoms with Gasteiger partial charge in [0.15, 0.2) is 6.61 Å². The Morgan fingerprint density at radius 1 is 0.919 bits per heavy atom. The summed E-state index contributed by atoms with van der Waals surface area (Å²) in [6, 6.07) is 5.44. The molecule has 0 spiro atoms. The Morgan fingerprint density at radius 3 is 1.92 bits per heavy atom. The van der Waals surface area contributed by atoms with Gasteiger partial charge in [-0.1, -0.05) is 26.8 Å². The van der Waals surface area contributed by atoms with E-state index in [1.807, 2.05) is 26.8 Å². The summed E-state index contributed by atoms with van der Waals surface area (Å²) in [5, 5.41) is 5.62. The number of amides is 1. The predicted molar refractivity (Wildman–Crippen MR) is 137 cm³/mol. The van der Waals surface area contributed by atoms with Gasteiger partial charge in [-0.15, -0.1) is 0 Å². The van der Waals surface area contributed by atoms with Crippen LogP contribution in [0.15, 0.2) is 40.7 Å². The van der Waals surface area contributed by atoms with Crippen molar-refractivity contribution in [3.05, 3.63) is 46.3 Å². The summed E-state index contributed by atoms with van der Waals surface area (Å²) < 4.78 is 20.9. The molecule has 1 aliphatic heterocycles. The van der Waals surface area contributed by atoms with E-state index >= 15 is 0 Å². The number of allylic oxidation sites excluding steroid dienone is 2. The van der Waals surface area contributed by atoms with Gasteiger partial charge in [-0.2, -0.15) is 0 Å². The summed E-state index contributed by atoms with van der Waals surface area (Å²) >= 11 is 0. The number of rotatable bonds is 9. The Labute approximate surface area is 217 Å². The standard InChI is InChI=1S/C27H36N2O8/c1-9-35-24(31)21-15(3)28-16(4)22(25(32)36-10-2)23(21)26(33)37-14-20(30)29-18-13-17(27(5,6)7)11-12-19(18)34-8/h11-13,23,28H,9-10,14H2,1-8H3,(H,29,30). The molecule has 1 aromatic carbocycles. The maximum atomic E-state index is 13.3. The van der Waals surface area contributed by atoms with Crippen molar-refractivity contribution in [1.82, 2.24) is 5.32 Å². The van der Waals surface area contributed by atoms with Gasteiger partial charge in [-0.05, 0) is 50.8 Å². The van der Waals surface area contributed by atoms with Crippen molar-refractivity contribution in [1.29, 1.82) is 0 Å². The molecule has 10 nitrogen and oxygen atoms in total. The van der Waals surface area contributed by atoms with Crippen molar-refractivity contribution < 1.29 is 38.1 Å². The zero-order valence-corrected chi connectivity index (χ0v) is 22.7. The molecule has 0 atom stereocenters. The highest BCUT2D eigenvalue weighted by Gasteiger charge is 2.42. The number of esters is 3. The molecule has 0 fully saturated rings. The van der Waals surface area contributed by atoms with Crippen LogP contribution < -0.4 is 15.4 Å². The molecule has 0 saturated heterocycles. The van der Waals surface area contributed by atoms with E-state index in [-0.39, 0.29) is 29.8 Å². The Balaban J connectivity index is 2.30. The molecule has 0 aliphatic carbocycles. The first-order chi connectivity index (χ1) is 17.3. The van der Waals surface area contributed by atoms with E-state index in [1.54, 1.807) is 39.8 Å². The lowest BCUT2D eigenvalue weighted by Gasteiger charge is -2.28. The summed E-state index contributed by atoms with van der Waals surface area (Å²) in [4.78, 5) is 51.4. The minimum Gasteiger partial charge on any atom is -0.495 e. The lowest BCUT2D eigenvalue weighted by atomic mass is 9.85. The second-order valence-electron chi connectivity index (χ2n) is 9.40. The Bertz CT molecular complexity index is 1090. The highest BCUT2D eigenvalue weighted by Crippen LogP contribution is 2.33. The lowest BCUT2D eigenvalue weighted by molar-refractivity contribution is -0.153. The predicted octanol–water partition coefficient (Wildman–Crippen LogP) is 3.37. The molecule has 0 radical (unpaired) electrons. The van der Waals surface area contributed by atoms with Crippen LogP contribution in [0, 0.1) is 5.92 Å². The normalized spacial score (nSPS) is 14.1. The molecule has 1 heterocycles. The van der Waals surface area contributed by atoms with Gasteiger partial charge in [0, 0.05) is 11.4 Å². The average Bonchev–Trinajstić information content (AvgIpc) is 2.81. The van der Waals surface area contributed by atoms with Gasteiger partial charge in [-0.25, -0.2) is 9.59 Å². The molecule has 37 heavy (non-hydrogen) atoms. The Kier molecular flexibility index (Phi) is 9.88. The molecule has 2 N–H and O–H groups in total. The number of carbonyl (C=O) groups excluding carboxylic acids is 4. The van der Waals surface area contributed by atoms with Crippen molar-refractivity contribution in [3.8, 4) is 5.75 Å². The third-order valence-electron chi connectivity index (χ3n) is 5.67. The highest BCUT2D eigenvalue weighted by molar-refractivity contribution is 6.06. The third kappa shape index (κ3) is 7.12. The number of nitrogens with one attached hydrogen (secondary N) is 2. The lowest BCUT2D eigenvalue weighted by Crippen LogP contribution is -2.39. The molecule has 0 unspecified atom stereocenters. The molecule has 10 heteroatoms. The van der Waals surface area contributed by atoms with Gasteiger partial charge < -0.3 is 29.6 Å². The quantitative estimate of drug-likeness (QED) is 0.375. The fourth-order valence-corrected chi connectivity index (χ4v) is 3.87. The fraction of sp³-hybridized carbons (Fsp3) is 0.481. The molecule has 0 aromatic heterocycles. The summed E-state index contributed by atoms with van der Waals surface area (Å²) in [7, 11) is 1.48. The monoisotopic (exact) mass is 516 g/mol. The summed E-state index contributed by atoms with van der Waals surface area (Å²) in [6.07, 6.45) is 0. The van der Waals surface area contributed by atoms with E-state index in [2.05, 4.69) is 10.6 Å². The summed E-state index contributed by atoms with van der Waals surface area (Å²) in [6.45, 7) is 12.0. The number of hydrogen-bond acceptors (Lipinski definition) is 9. The molecule has 0 saturated carbocycles. The number of hydrogen-bond donors (Lipinski definition) is 2. The Hall–Kier alpha value is -3.82.